The zero-order valence-corrected chi connectivity index (χ0v) is 11.5. The molecule has 0 radical (unpaired) electrons. The Balaban J connectivity index is 1.91. The van der Waals surface area contributed by atoms with Crippen LogP contribution in [0.25, 0.3) is 10.8 Å². The lowest BCUT2D eigenvalue weighted by molar-refractivity contribution is 0.585. The van der Waals surface area contributed by atoms with Crippen LogP contribution in [-0.4, -0.2) is 30.7 Å². The second kappa shape index (κ2) is 5.57. The Morgan fingerprint density at radius 3 is 3.00 bits per heavy atom. The lowest BCUT2D eigenvalue weighted by atomic mass is 10.1. The number of hydrogen-bond acceptors (Lipinski definition) is 3. The number of nitrogens with one attached hydrogen (secondary N) is 1. The molecule has 0 bridgehead atoms. The van der Waals surface area contributed by atoms with Crippen LogP contribution in [0.3, 0.4) is 0 Å². The number of rotatable bonds is 4. The first-order valence-electron chi connectivity index (χ1n) is 7.20. The number of fused-ring (bicyclic) bond motifs is 1. The SMILES string of the molecule is CCN(CC1CCCN1)c1nccc2ccccc12. The average Bonchev–Trinajstić information content (AvgIpc) is 2.97. The van der Waals surface area contributed by atoms with Crippen LogP contribution in [-0.2, 0) is 0 Å². The molecule has 1 aromatic heterocycles. The Hall–Kier alpha value is -1.61. The van der Waals surface area contributed by atoms with E-state index in [4.69, 9.17) is 0 Å². The quantitative estimate of drug-likeness (QED) is 0.910. The summed E-state index contributed by atoms with van der Waals surface area (Å²) in [6.45, 7) is 5.42. The molecular formula is C16H21N3. The van der Waals surface area contributed by atoms with Crippen LogP contribution >= 0.6 is 0 Å². The van der Waals surface area contributed by atoms with Crippen molar-refractivity contribution in [2.24, 2.45) is 0 Å². The van der Waals surface area contributed by atoms with Crippen LogP contribution < -0.4 is 10.2 Å². The number of benzene rings is 1. The molecule has 1 aliphatic heterocycles. The highest BCUT2D eigenvalue weighted by atomic mass is 15.2. The fourth-order valence-corrected chi connectivity index (χ4v) is 2.90. The van der Waals surface area contributed by atoms with Crippen LogP contribution in [0.4, 0.5) is 5.82 Å². The number of nitrogens with zero attached hydrogens (tertiary/aromatic N) is 2. The van der Waals surface area contributed by atoms with Gasteiger partial charge in [-0.05, 0) is 37.8 Å². The van der Waals surface area contributed by atoms with E-state index in [1.54, 1.807) is 0 Å². The summed E-state index contributed by atoms with van der Waals surface area (Å²) in [4.78, 5) is 7.01. The van der Waals surface area contributed by atoms with Crippen molar-refractivity contribution in [3.63, 3.8) is 0 Å². The normalized spacial score (nSPS) is 18.9. The molecule has 2 aromatic rings. The van der Waals surface area contributed by atoms with Crippen molar-refractivity contribution in [3.8, 4) is 0 Å². The van der Waals surface area contributed by atoms with Gasteiger partial charge in [-0.3, -0.25) is 0 Å². The molecule has 0 spiro atoms. The third-order valence-electron chi connectivity index (χ3n) is 3.94. The molecule has 1 fully saturated rings. The highest BCUT2D eigenvalue weighted by molar-refractivity contribution is 5.92. The Bertz CT molecular complexity index is 541. The van der Waals surface area contributed by atoms with E-state index in [0.29, 0.717) is 6.04 Å². The summed E-state index contributed by atoms with van der Waals surface area (Å²) < 4.78 is 0. The Kier molecular flexibility index (Phi) is 3.65. The summed E-state index contributed by atoms with van der Waals surface area (Å²) in [5, 5.41) is 6.09. The first kappa shape index (κ1) is 12.4. The molecule has 2 heterocycles. The van der Waals surface area contributed by atoms with E-state index in [0.717, 1.165) is 25.5 Å². The van der Waals surface area contributed by atoms with E-state index in [1.165, 1.54) is 23.6 Å². The number of aromatic nitrogens is 1. The molecular weight excluding hydrogens is 234 g/mol. The maximum absolute atomic E-state index is 4.62. The largest absolute Gasteiger partial charge is 0.355 e. The van der Waals surface area contributed by atoms with Gasteiger partial charge in [-0.2, -0.15) is 0 Å². The van der Waals surface area contributed by atoms with Gasteiger partial charge in [0, 0.05) is 30.7 Å². The lowest BCUT2D eigenvalue weighted by Gasteiger charge is -2.26. The van der Waals surface area contributed by atoms with Gasteiger partial charge in [0.25, 0.3) is 0 Å². The minimum Gasteiger partial charge on any atom is -0.355 e. The van der Waals surface area contributed by atoms with Crippen LogP contribution in [0.5, 0.6) is 0 Å². The van der Waals surface area contributed by atoms with Crippen LogP contribution in [0.1, 0.15) is 19.8 Å². The van der Waals surface area contributed by atoms with Crippen LogP contribution in [0.15, 0.2) is 36.5 Å². The van der Waals surface area contributed by atoms with Gasteiger partial charge in [0.15, 0.2) is 0 Å². The molecule has 0 amide bonds. The van der Waals surface area contributed by atoms with Gasteiger partial charge in [-0.15, -0.1) is 0 Å². The van der Waals surface area contributed by atoms with Crippen molar-refractivity contribution in [1.29, 1.82) is 0 Å². The number of anilines is 1. The highest BCUT2D eigenvalue weighted by Gasteiger charge is 2.18. The standard InChI is InChI=1S/C16H21N3/c1-2-19(12-14-7-5-10-17-14)16-15-8-4-3-6-13(15)9-11-18-16/h3-4,6,8-9,11,14,17H,2,5,7,10,12H2,1H3. The average molecular weight is 255 g/mol. The highest BCUT2D eigenvalue weighted by Crippen LogP contribution is 2.24. The molecule has 3 heteroatoms. The second-order valence-corrected chi connectivity index (χ2v) is 5.19. The number of likely N-dealkylation sites (N-methyl/N-ethyl adjacent to an activating group) is 1. The van der Waals surface area contributed by atoms with Gasteiger partial charge in [-0.25, -0.2) is 4.98 Å². The molecule has 1 atom stereocenters. The number of pyridine rings is 1. The topological polar surface area (TPSA) is 28.2 Å². The first-order valence-corrected chi connectivity index (χ1v) is 7.20. The van der Waals surface area contributed by atoms with E-state index in [2.05, 4.69) is 52.5 Å². The molecule has 0 aliphatic carbocycles. The maximum atomic E-state index is 4.62. The monoisotopic (exact) mass is 255 g/mol. The maximum Gasteiger partial charge on any atom is 0.136 e. The molecule has 1 aliphatic rings. The van der Waals surface area contributed by atoms with Crippen molar-refractivity contribution in [2.75, 3.05) is 24.5 Å². The van der Waals surface area contributed by atoms with Gasteiger partial charge in [-0.1, -0.05) is 24.3 Å². The first-order chi connectivity index (χ1) is 9.38. The van der Waals surface area contributed by atoms with Crippen molar-refractivity contribution >= 4 is 16.6 Å². The summed E-state index contributed by atoms with van der Waals surface area (Å²) in [7, 11) is 0. The van der Waals surface area contributed by atoms with E-state index < -0.39 is 0 Å². The zero-order valence-electron chi connectivity index (χ0n) is 11.5. The van der Waals surface area contributed by atoms with Crippen molar-refractivity contribution < 1.29 is 0 Å². The minimum atomic E-state index is 0.612. The summed E-state index contributed by atoms with van der Waals surface area (Å²) in [6, 6.07) is 11.2. The van der Waals surface area contributed by atoms with Gasteiger partial charge >= 0.3 is 0 Å². The van der Waals surface area contributed by atoms with Gasteiger partial charge in [0.1, 0.15) is 5.82 Å². The Morgan fingerprint density at radius 1 is 1.32 bits per heavy atom. The molecule has 1 N–H and O–H groups in total. The molecule has 3 nitrogen and oxygen atoms in total. The number of hydrogen-bond donors (Lipinski definition) is 1. The predicted molar refractivity (Wildman–Crippen MR) is 80.7 cm³/mol. The van der Waals surface area contributed by atoms with E-state index in [9.17, 15) is 0 Å². The molecule has 3 rings (SSSR count). The summed E-state index contributed by atoms with van der Waals surface area (Å²) in [5.41, 5.74) is 0. The van der Waals surface area contributed by atoms with Crippen molar-refractivity contribution in [1.82, 2.24) is 10.3 Å². The van der Waals surface area contributed by atoms with Gasteiger partial charge in [0.2, 0.25) is 0 Å². The zero-order chi connectivity index (χ0) is 13.1. The van der Waals surface area contributed by atoms with E-state index >= 15 is 0 Å². The molecule has 0 saturated carbocycles. The van der Waals surface area contributed by atoms with Gasteiger partial charge in [0.05, 0.1) is 0 Å². The van der Waals surface area contributed by atoms with Crippen molar-refractivity contribution in [2.45, 2.75) is 25.8 Å². The second-order valence-electron chi connectivity index (χ2n) is 5.19. The third-order valence-corrected chi connectivity index (χ3v) is 3.94. The summed E-state index contributed by atoms with van der Waals surface area (Å²) >= 11 is 0. The smallest absolute Gasteiger partial charge is 0.136 e. The molecule has 1 aromatic carbocycles. The summed E-state index contributed by atoms with van der Waals surface area (Å²) in [5.74, 6) is 1.12. The van der Waals surface area contributed by atoms with Crippen molar-refractivity contribution in [3.05, 3.63) is 36.5 Å². The fourth-order valence-electron chi connectivity index (χ4n) is 2.90. The Labute approximate surface area is 114 Å². The molecule has 100 valence electrons. The van der Waals surface area contributed by atoms with Crippen LogP contribution in [0.2, 0.25) is 0 Å². The van der Waals surface area contributed by atoms with E-state index in [-0.39, 0.29) is 0 Å². The lowest BCUT2D eigenvalue weighted by Crippen LogP contribution is -2.38. The Morgan fingerprint density at radius 2 is 2.21 bits per heavy atom. The van der Waals surface area contributed by atoms with Gasteiger partial charge < -0.3 is 10.2 Å². The minimum absolute atomic E-state index is 0.612. The van der Waals surface area contributed by atoms with E-state index in [1.807, 2.05) is 6.20 Å². The fraction of sp³-hybridized carbons (Fsp3) is 0.438. The van der Waals surface area contributed by atoms with Crippen LogP contribution in [0, 0.1) is 0 Å². The third kappa shape index (κ3) is 2.56. The molecule has 1 unspecified atom stereocenters. The molecule has 19 heavy (non-hydrogen) atoms. The predicted octanol–water partition coefficient (Wildman–Crippen LogP) is 2.81. The summed E-state index contributed by atoms with van der Waals surface area (Å²) in [6.07, 6.45) is 4.49. The molecule has 1 saturated heterocycles.